The summed E-state index contributed by atoms with van der Waals surface area (Å²) < 4.78 is 13.4. The van der Waals surface area contributed by atoms with Crippen LogP contribution in [0.4, 0.5) is 4.39 Å². The van der Waals surface area contributed by atoms with Gasteiger partial charge in [-0.1, -0.05) is 20.8 Å². The van der Waals surface area contributed by atoms with E-state index < -0.39 is 6.17 Å². The normalized spacial score (nSPS) is 18.7. The SMILES string of the molecule is CN[C@H](C)C(F)CC[C@H](C)C(C)C. The van der Waals surface area contributed by atoms with Crippen LogP contribution in [0, 0.1) is 11.8 Å². The van der Waals surface area contributed by atoms with E-state index in [1.165, 1.54) is 0 Å². The number of hydrogen-bond donors (Lipinski definition) is 1. The van der Waals surface area contributed by atoms with Crippen molar-refractivity contribution in [1.29, 1.82) is 0 Å². The van der Waals surface area contributed by atoms with Gasteiger partial charge in [-0.2, -0.15) is 0 Å². The molecule has 0 aromatic carbocycles. The minimum Gasteiger partial charge on any atom is -0.314 e. The molecule has 0 heterocycles. The van der Waals surface area contributed by atoms with Crippen molar-refractivity contribution in [1.82, 2.24) is 5.32 Å². The van der Waals surface area contributed by atoms with Gasteiger partial charge in [-0.25, -0.2) is 4.39 Å². The molecule has 0 amide bonds. The van der Waals surface area contributed by atoms with Gasteiger partial charge in [-0.15, -0.1) is 0 Å². The van der Waals surface area contributed by atoms with Gasteiger partial charge in [0.1, 0.15) is 6.17 Å². The molecule has 1 unspecified atom stereocenters. The van der Waals surface area contributed by atoms with Crippen molar-refractivity contribution >= 4 is 0 Å². The largest absolute Gasteiger partial charge is 0.314 e. The van der Waals surface area contributed by atoms with Gasteiger partial charge in [0.25, 0.3) is 0 Å². The Morgan fingerprint density at radius 3 is 2.00 bits per heavy atom. The summed E-state index contributed by atoms with van der Waals surface area (Å²) in [6, 6.07) is -0.0145. The lowest BCUT2D eigenvalue weighted by Gasteiger charge is -2.20. The third-order valence-corrected chi connectivity index (χ3v) is 3.03. The van der Waals surface area contributed by atoms with Crippen LogP contribution in [0.3, 0.4) is 0 Å². The molecule has 3 atom stereocenters. The van der Waals surface area contributed by atoms with E-state index in [4.69, 9.17) is 0 Å². The van der Waals surface area contributed by atoms with Gasteiger partial charge in [0.15, 0.2) is 0 Å². The van der Waals surface area contributed by atoms with Gasteiger partial charge >= 0.3 is 0 Å². The monoisotopic (exact) mass is 189 g/mol. The van der Waals surface area contributed by atoms with Crippen molar-refractivity contribution in [2.45, 2.75) is 52.8 Å². The molecular weight excluding hydrogens is 165 g/mol. The van der Waals surface area contributed by atoms with E-state index in [2.05, 4.69) is 26.1 Å². The van der Waals surface area contributed by atoms with Crippen LogP contribution in [0.25, 0.3) is 0 Å². The summed E-state index contributed by atoms with van der Waals surface area (Å²) in [5.74, 6) is 1.29. The minimum absolute atomic E-state index is 0.0145. The molecule has 0 saturated carbocycles. The summed E-state index contributed by atoms with van der Waals surface area (Å²) in [5, 5.41) is 2.94. The molecule has 0 aliphatic rings. The van der Waals surface area contributed by atoms with Crippen molar-refractivity contribution < 1.29 is 4.39 Å². The summed E-state index contributed by atoms with van der Waals surface area (Å²) in [6.07, 6.45) is 0.970. The second-order valence-corrected chi connectivity index (χ2v) is 4.39. The minimum atomic E-state index is -0.703. The third kappa shape index (κ3) is 5.25. The molecule has 2 heteroatoms. The molecular formula is C11H24FN. The summed E-state index contributed by atoms with van der Waals surface area (Å²) in [5.41, 5.74) is 0. The highest BCUT2D eigenvalue weighted by molar-refractivity contribution is 4.71. The highest BCUT2D eigenvalue weighted by atomic mass is 19.1. The summed E-state index contributed by atoms with van der Waals surface area (Å²) in [7, 11) is 1.81. The lowest BCUT2D eigenvalue weighted by Crippen LogP contribution is -2.32. The Hall–Kier alpha value is -0.110. The molecule has 13 heavy (non-hydrogen) atoms. The predicted octanol–water partition coefficient (Wildman–Crippen LogP) is 3.00. The van der Waals surface area contributed by atoms with Crippen LogP contribution in [0.2, 0.25) is 0 Å². The van der Waals surface area contributed by atoms with E-state index in [0.29, 0.717) is 18.3 Å². The molecule has 1 nitrogen and oxygen atoms in total. The van der Waals surface area contributed by atoms with Crippen LogP contribution < -0.4 is 5.32 Å². The molecule has 0 saturated heterocycles. The molecule has 80 valence electrons. The molecule has 0 spiro atoms. The van der Waals surface area contributed by atoms with Crippen molar-refractivity contribution in [2.24, 2.45) is 11.8 Å². The lowest BCUT2D eigenvalue weighted by molar-refractivity contribution is 0.228. The van der Waals surface area contributed by atoms with E-state index in [0.717, 1.165) is 6.42 Å². The summed E-state index contributed by atoms with van der Waals surface area (Å²) in [4.78, 5) is 0. The number of alkyl halides is 1. The first-order chi connectivity index (χ1) is 5.99. The van der Waals surface area contributed by atoms with Crippen LogP contribution in [-0.2, 0) is 0 Å². The van der Waals surface area contributed by atoms with E-state index >= 15 is 0 Å². The molecule has 0 radical (unpaired) electrons. The topological polar surface area (TPSA) is 12.0 Å². The Kier molecular flexibility index (Phi) is 6.31. The molecule has 0 bridgehead atoms. The maximum absolute atomic E-state index is 13.4. The Labute approximate surface area is 82.1 Å². The number of rotatable bonds is 6. The highest BCUT2D eigenvalue weighted by Crippen LogP contribution is 2.19. The Bertz CT molecular complexity index is 125. The Morgan fingerprint density at radius 2 is 1.62 bits per heavy atom. The fraction of sp³-hybridized carbons (Fsp3) is 1.00. The molecule has 0 fully saturated rings. The second kappa shape index (κ2) is 6.36. The van der Waals surface area contributed by atoms with Gasteiger partial charge in [-0.05, 0) is 38.6 Å². The lowest BCUT2D eigenvalue weighted by atomic mass is 9.91. The predicted molar refractivity (Wildman–Crippen MR) is 56.7 cm³/mol. The van der Waals surface area contributed by atoms with Crippen LogP contribution in [0.15, 0.2) is 0 Å². The van der Waals surface area contributed by atoms with Crippen LogP contribution in [-0.4, -0.2) is 19.3 Å². The number of hydrogen-bond acceptors (Lipinski definition) is 1. The third-order valence-electron chi connectivity index (χ3n) is 3.03. The van der Waals surface area contributed by atoms with Gasteiger partial charge in [0.2, 0.25) is 0 Å². The standard InChI is InChI=1S/C11H24FN/c1-8(2)9(3)6-7-11(12)10(4)13-5/h8-11,13H,6-7H2,1-5H3/t9-,10+,11?/m0/s1. The molecule has 0 aliphatic heterocycles. The van der Waals surface area contributed by atoms with E-state index in [1.807, 2.05) is 14.0 Å². The molecule has 0 aromatic rings. The zero-order valence-corrected chi connectivity index (χ0v) is 9.60. The molecule has 0 aromatic heterocycles. The number of halogens is 1. The maximum atomic E-state index is 13.4. The summed E-state index contributed by atoms with van der Waals surface area (Å²) in [6.45, 7) is 8.48. The van der Waals surface area contributed by atoms with Crippen molar-refractivity contribution in [3.8, 4) is 0 Å². The molecule has 1 N–H and O–H groups in total. The zero-order valence-electron chi connectivity index (χ0n) is 9.60. The van der Waals surface area contributed by atoms with Gasteiger partial charge in [0, 0.05) is 6.04 Å². The quantitative estimate of drug-likeness (QED) is 0.677. The van der Waals surface area contributed by atoms with Crippen LogP contribution >= 0.6 is 0 Å². The Morgan fingerprint density at radius 1 is 1.08 bits per heavy atom. The van der Waals surface area contributed by atoms with E-state index in [9.17, 15) is 4.39 Å². The second-order valence-electron chi connectivity index (χ2n) is 4.39. The maximum Gasteiger partial charge on any atom is 0.115 e. The molecule has 0 rings (SSSR count). The smallest absolute Gasteiger partial charge is 0.115 e. The Balaban J connectivity index is 3.63. The van der Waals surface area contributed by atoms with Gasteiger partial charge in [0.05, 0.1) is 0 Å². The van der Waals surface area contributed by atoms with Crippen molar-refractivity contribution in [2.75, 3.05) is 7.05 Å². The summed E-state index contributed by atoms with van der Waals surface area (Å²) >= 11 is 0. The van der Waals surface area contributed by atoms with E-state index in [-0.39, 0.29) is 6.04 Å². The first-order valence-corrected chi connectivity index (χ1v) is 5.30. The average Bonchev–Trinajstić information content (AvgIpc) is 2.11. The fourth-order valence-electron chi connectivity index (χ4n) is 1.19. The van der Waals surface area contributed by atoms with Crippen molar-refractivity contribution in [3.05, 3.63) is 0 Å². The van der Waals surface area contributed by atoms with Crippen molar-refractivity contribution in [3.63, 3.8) is 0 Å². The molecule has 0 aliphatic carbocycles. The number of nitrogens with one attached hydrogen (secondary N) is 1. The average molecular weight is 189 g/mol. The first-order valence-electron chi connectivity index (χ1n) is 5.30. The van der Waals surface area contributed by atoms with E-state index in [1.54, 1.807) is 0 Å². The highest BCUT2D eigenvalue weighted by Gasteiger charge is 2.16. The first kappa shape index (κ1) is 12.9. The van der Waals surface area contributed by atoms with Gasteiger partial charge < -0.3 is 5.32 Å². The van der Waals surface area contributed by atoms with Crippen LogP contribution in [0.5, 0.6) is 0 Å². The van der Waals surface area contributed by atoms with Crippen LogP contribution in [0.1, 0.15) is 40.5 Å². The van der Waals surface area contributed by atoms with Gasteiger partial charge in [-0.3, -0.25) is 0 Å². The fourth-order valence-corrected chi connectivity index (χ4v) is 1.19. The zero-order chi connectivity index (χ0) is 10.4.